The van der Waals surface area contributed by atoms with Crippen molar-refractivity contribution in [2.24, 2.45) is 21.7 Å². The molecule has 24 heavy (non-hydrogen) atoms. The molecule has 2 rings (SSSR count). The highest BCUT2D eigenvalue weighted by Gasteiger charge is 1.93. The van der Waals surface area contributed by atoms with Crippen molar-refractivity contribution in [1.29, 1.82) is 0 Å². The predicted molar refractivity (Wildman–Crippen MR) is 104 cm³/mol. The average molecular weight is 359 g/mol. The van der Waals surface area contributed by atoms with Crippen molar-refractivity contribution in [2.75, 3.05) is 0 Å². The van der Waals surface area contributed by atoms with E-state index in [1.807, 2.05) is 72.8 Å². The second kappa shape index (κ2) is 8.91. The average Bonchev–Trinajstić information content (AvgIpc) is 2.57. The SMILES string of the molecule is NC(N)=NN=C(/C=C/c1ccc(Cl)cc1)/C=C/c1ccc(Cl)cc1. The Hall–Kier alpha value is -2.56. The molecule has 2 aromatic carbocycles. The van der Waals surface area contributed by atoms with Crippen LogP contribution in [0.25, 0.3) is 12.2 Å². The monoisotopic (exact) mass is 358 g/mol. The number of hydrogen-bond acceptors (Lipinski definition) is 2. The van der Waals surface area contributed by atoms with E-state index in [-0.39, 0.29) is 5.96 Å². The smallest absolute Gasteiger partial charge is 0.211 e. The van der Waals surface area contributed by atoms with E-state index >= 15 is 0 Å². The lowest BCUT2D eigenvalue weighted by Crippen LogP contribution is -2.22. The van der Waals surface area contributed by atoms with Crippen LogP contribution in [0.5, 0.6) is 0 Å². The molecule has 0 saturated carbocycles. The molecule has 0 amide bonds. The van der Waals surface area contributed by atoms with Crippen LogP contribution in [-0.2, 0) is 0 Å². The molecule has 2 aromatic rings. The zero-order chi connectivity index (χ0) is 17.4. The quantitative estimate of drug-likeness (QED) is 0.473. The predicted octanol–water partition coefficient (Wildman–Crippen LogP) is 4.35. The number of benzene rings is 2. The van der Waals surface area contributed by atoms with Gasteiger partial charge in [-0.15, -0.1) is 10.2 Å². The molecule has 0 radical (unpaired) electrons. The number of nitrogens with zero attached hydrogens (tertiary/aromatic N) is 2. The Bertz CT molecular complexity index is 727. The van der Waals surface area contributed by atoms with E-state index in [0.717, 1.165) is 11.1 Å². The van der Waals surface area contributed by atoms with Gasteiger partial charge in [0.2, 0.25) is 5.96 Å². The Kier molecular flexibility index (Phi) is 6.61. The Morgan fingerprint density at radius 2 is 1.12 bits per heavy atom. The summed E-state index contributed by atoms with van der Waals surface area (Å²) in [5.41, 5.74) is 13.2. The Morgan fingerprint density at radius 1 is 0.708 bits per heavy atom. The van der Waals surface area contributed by atoms with Gasteiger partial charge in [-0.1, -0.05) is 59.6 Å². The van der Waals surface area contributed by atoms with E-state index in [1.54, 1.807) is 0 Å². The van der Waals surface area contributed by atoms with Crippen LogP contribution in [0.3, 0.4) is 0 Å². The first-order valence-corrected chi connectivity index (χ1v) is 7.82. The molecule has 0 fully saturated rings. The molecule has 4 nitrogen and oxygen atoms in total. The molecular weight excluding hydrogens is 343 g/mol. The number of rotatable bonds is 5. The van der Waals surface area contributed by atoms with E-state index in [0.29, 0.717) is 15.8 Å². The maximum Gasteiger partial charge on any atom is 0.211 e. The molecule has 0 aromatic heterocycles. The van der Waals surface area contributed by atoms with Gasteiger partial charge < -0.3 is 11.5 Å². The first-order valence-electron chi connectivity index (χ1n) is 7.07. The molecule has 0 aliphatic rings. The summed E-state index contributed by atoms with van der Waals surface area (Å²) in [6.45, 7) is 0. The van der Waals surface area contributed by atoms with Crippen molar-refractivity contribution in [1.82, 2.24) is 0 Å². The number of hydrogen-bond donors (Lipinski definition) is 2. The lowest BCUT2D eigenvalue weighted by Gasteiger charge is -1.96. The number of guanidine groups is 1. The molecule has 0 unspecified atom stereocenters. The van der Waals surface area contributed by atoms with Gasteiger partial charge in [0.15, 0.2) is 0 Å². The minimum absolute atomic E-state index is 0.104. The van der Waals surface area contributed by atoms with Crippen LogP contribution in [0.4, 0.5) is 0 Å². The molecular formula is C18H16Cl2N4. The summed E-state index contributed by atoms with van der Waals surface area (Å²) in [4.78, 5) is 0. The molecule has 0 saturated heterocycles. The van der Waals surface area contributed by atoms with Gasteiger partial charge in [0.05, 0.1) is 5.71 Å². The maximum absolute atomic E-state index is 5.87. The lowest BCUT2D eigenvalue weighted by molar-refractivity contribution is 1.21. The first-order chi connectivity index (χ1) is 11.5. The maximum atomic E-state index is 5.87. The van der Waals surface area contributed by atoms with Gasteiger partial charge in [-0.05, 0) is 47.5 Å². The van der Waals surface area contributed by atoms with E-state index < -0.39 is 0 Å². The molecule has 0 aliphatic carbocycles. The number of allylic oxidation sites excluding steroid dienone is 2. The van der Waals surface area contributed by atoms with Gasteiger partial charge in [-0.2, -0.15) is 0 Å². The molecule has 4 N–H and O–H groups in total. The van der Waals surface area contributed by atoms with Crippen LogP contribution in [0.2, 0.25) is 10.0 Å². The summed E-state index contributed by atoms with van der Waals surface area (Å²) in [5.74, 6) is -0.104. The van der Waals surface area contributed by atoms with E-state index in [2.05, 4.69) is 10.2 Å². The van der Waals surface area contributed by atoms with Gasteiger partial charge in [-0.25, -0.2) is 0 Å². The number of nitrogens with two attached hydrogens (primary N) is 2. The van der Waals surface area contributed by atoms with Crippen molar-refractivity contribution in [3.8, 4) is 0 Å². The molecule has 0 heterocycles. The van der Waals surface area contributed by atoms with E-state index in [1.165, 1.54) is 0 Å². The van der Waals surface area contributed by atoms with Gasteiger partial charge in [-0.3, -0.25) is 0 Å². The van der Waals surface area contributed by atoms with E-state index in [9.17, 15) is 0 Å². The fraction of sp³-hybridized carbons (Fsp3) is 0. The van der Waals surface area contributed by atoms with Crippen molar-refractivity contribution in [3.63, 3.8) is 0 Å². The molecule has 122 valence electrons. The van der Waals surface area contributed by atoms with Crippen LogP contribution in [0.15, 0.2) is 70.9 Å². The fourth-order valence-corrected chi connectivity index (χ4v) is 2.00. The summed E-state index contributed by atoms with van der Waals surface area (Å²) in [7, 11) is 0. The number of halogens is 2. The summed E-state index contributed by atoms with van der Waals surface area (Å²) in [5, 5.41) is 9.08. The molecule has 0 aliphatic heterocycles. The Labute approximate surface area is 150 Å². The van der Waals surface area contributed by atoms with Gasteiger partial charge >= 0.3 is 0 Å². The molecule has 6 heteroatoms. The van der Waals surface area contributed by atoms with Crippen molar-refractivity contribution >= 4 is 47.0 Å². The minimum atomic E-state index is -0.104. The highest BCUT2D eigenvalue weighted by molar-refractivity contribution is 6.30. The van der Waals surface area contributed by atoms with Gasteiger partial charge in [0.25, 0.3) is 0 Å². The Balaban J connectivity index is 2.21. The summed E-state index contributed by atoms with van der Waals surface area (Å²) in [6, 6.07) is 14.9. The van der Waals surface area contributed by atoms with Crippen molar-refractivity contribution in [3.05, 3.63) is 81.9 Å². The highest BCUT2D eigenvalue weighted by Crippen LogP contribution is 2.12. The fourth-order valence-electron chi connectivity index (χ4n) is 1.75. The second-order valence-electron chi connectivity index (χ2n) is 4.82. The molecule has 0 atom stereocenters. The molecule has 0 spiro atoms. The normalized spacial score (nSPS) is 10.9. The highest BCUT2D eigenvalue weighted by atomic mass is 35.5. The standard InChI is InChI=1S/C18H16Cl2N4/c19-15-7-1-13(2-8-15)5-11-17(23-24-18(21)22)12-6-14-3-9-16(20)10-4-14/h1-12H,(H4,21,22,24)/b11-5+,12-6+. The second-order valence-corrected chi connectivity index (χ2v) is 5.69. The van der Waals surface area contributed by atoms with Gasteiger partial charge in [0, 0.05) is 10.0 Å². The van der Waals surface area contributed by atoms with Crippen LogP contribution >= 0.6 is 23.2 Å². The van der Waals surface area contributed by atoms with Crippen LogP contribution in [-0.4, -0.2) is 11.7 Å². The molecule has 0 bridgehead atoms. The lowest BCUT2D eigenvalue weighted by atomic mass is 10.1. The zero-order valence-corrected chi connectivity index (χ0v) is 14.2. The third kappa shape index (κ3) is 6.28. The topological polar surface area (TPSA) is 76.8 Å². The minimum Gasteiger partial charge on any atom is -0.369 e. The van der Waals surface area contributed by atoms with Crippen molar-refractivity contribution < 1.29 is 0 Å². The summed E-state index contributed by atoms with van der Waals surface area (Å²) < 4.78 is 0. The largest absolute Gasteiger partial charge is 0.369 e. The van der Waals surface area contributed by atoms with Gasteiger partial charge in [0.1, 0.15) is 0 Å². The van der Waals surface area contributed by atoms with Crippen molar-refractivity contribution in [2.45, 2.75) is 0 Å². The zero-order valence-electron chi connectivity index (χ0n) is 12.7. The van der Waals surface area contributed by atoms with Crippen LogP contribution < -0.4 is 11.5 Å². The van der Waals surface area contributed by atoms with Crippen LogP contribution in [0.1, 0.15) is 11.1 Å². The van der Waals surface area contributed by atoms with E-state index in [4.69, 9.17) is 34.7 Å². The summed E-state index contributed by atoms with van der Waals surface area (Å²) in [6.07, 6.45) is 7.40. The summed E-state index contributed by atoms with van der Waals surface area (Å²) >= 11 is 11.7. The first kappa shape index (κ1) is 17.8. The Morgan fingerprint density at radius 3 is 1.50 bits per heavy atom. The van der Waals surface area contributed by atoms with Crippen LogP contribution in [0, 0.1) is 0 Å². The third-order valence-corrected chi connectivity index (χ3v) is 3.42. The third-order valence-electron chi connectivity index (χ3n) is 2.91.